The minimum atomic E-state index is -0.0139. The van der Waals surface area contributed by atoms with Crippen LogP contribution in [0.5, 0.6) is 0 Å². The fraction of sp³-hybridized carbons (Fsp3) is 0.333. The predicted octanol–water partition coefficient (Wildman–Crippen LogP) is 4.76. The standard InChI is InChI=1S/C21H22ClN3O/c1-2-24(21(26)16-6-5-7-17(22)12-16)14-20-23-18-8-3-4-9-19(18)25(20)13-15-10-11-15/h3-9,12,15H,2,10-11,13-14H2,1H3. The van der Waals surface area contributed by atoms with Gasteiger partial charge in [0.05, 0.1) is 17.6 Å². The van der Waals surface area contributed by atoms with E-state index in [9.17, 15) is 4.79 Å². The molecule has 0 bridgehead atoms. The fourth-order valence-electron chi connectivity index (χ4n) is 3.31. The minimum absolute atomic E-state index is 0.0139. The maximum absolute atomic E-state index is 12.9. The number of amides is 1. The molecule has 4 nitrogen and oxygen atoms in total. The van der Waals surface area contributed by atoms with Gasteiger partial charge in [0.1, 0.15) is 5.82 Å². The first kappa shape index (κ1) is 17.1. The molecule has 26 heavy (non-hydrogen) atoms. The number of nitrogens with zero attached hydrogens (tertiary/aromatic N) is 3. The van der Waals surface area contributed by atoms with E-state index in [0.717, 1.165) is 29.3 Å². The molecule has 0 spiro atoms. The van der Waals surface area contributed by atoms with Gasteiger partial charge in [-0.1, -0.05) is 29.8 Å². The molecule has 134 valence electrons. The molecule has 0 unspecified atom stereocenters. The fourth-order valence-corrected chi connectivity index (χ4v) is 3.50. The molecule has 1 heterocycles. The first-order valence-corrected chi connectivity index (χ1v) is 9.52. The molecule has 0 atom stereocenters. The zero-order valence-corrected chi connectivity index (χ0v) is 15.6. The van der Waals surface area contributed by atoms with Crippen molar-refractivity contribution in [2.75, 3.05) is 6.54 Å². The molecule has 4 rings (SSSR count). The highest BCUT2D eigenvalue weighted by Gasteiger charge is 2.25. The van der Waals surface area contributed by atoms with Crippen LogP contribution < -0.4 is 0 Å². The van der Waals surface area contributed by atoms with E-state index >= 15 is 0 Å². The summed E-state index contributed by atoms with van der Waals surface area (Å²) < 4.78 is 2.29. The van der Waals surface area contributed by atoms with Gasteiger partial charge in [-0.3, -0.25) is 4.79 Å². The van der Waals surface area contributed by atoms with E-state index in [-0.39, 0.29) is 5.91 Å². The normalized spacial score (nSPS) is 13.9. The van der Waals surface area contributed by atoms with Crippen molar-refractivity contribution in [3.63, 3.8) is 0 Å². The van der Waals surface area contributed by atoms with Crippen molar-refractivity contribution in [3.05, 3.63) is 64.9 Å². The molecule has 1 saturated carbocycles. The summed E-state index contributed by atoms with van der Waals surface area (Å²) >= 11 is 6.05. The van der Waals surface area contributed by atoms with E-state index in [1.165, 1.54) is 12.8 Å². The Morgan fingerprint density at radius 3 is 2.77 bits per heavy atom. The Morgan fingerprint density at radius 1 is 1.23 bits per heavy atom. The van der Waals surface area contributed by atoms with Crippen LogP contribution in [0.15, 0.2) is 48.5 Å². The van der Waals surface area contributed by atoms with Gasteiger partial charge in [0, 0.05) is 23.7 Å². The van der Waals surface area contributed by atoms with Crippen molar-refractivity contribution in [1.29, 1.82) is 0 Å². The van der Waals surface area contributed by atoms with Crippen molar-refractivity contribution >= 4 is 28.5 Å². The third-order valence-corrected chi connectivity index (χ3v) is 5.18. The highest BCUT2D eigenvalue weighted by Crippen LogP contribution is 2.32. The van der Waals surface area contributed by atoms with E-state index in [2.05, 4.69) is 10.6 Å². The zero-order chi connectivity index (χ0) is 18.1. The second-order valence-electron chi connectivity index (χ2n) is 6.90. The van der Waals surface area contributed by atoms with Gasteiger partial charge in [0.2, 0.25) is 0 Å². The summed E-state index contributed by atoms with van der Waals surface area (Å²) in [4.78, 5) is 19.6. The number of hydrogen-bond donors (Lipinski definition) is 0. The number of hydrogen-bond acceptors (Lipinski definition) is 2. The summed E-state index contributed by atoms with van der Waals surface area (Å²) in [5, 5.41) is 0.577. The molecule has 0 aliphatic heterocycles. The third-order valence-electron chi connectivity index (χ3n) is 4.94. The van der Waals surface area contributed by atoms with Gasteiger partial charge in [-0.2, -0.15) is 0 Å². The Balaban J connectivity index is 1.65. The van der Waals surface area contributed by atoms with E-state index in [1.54, 1.807) is 12.1 Å². The van der Waals surface area contributed by atoms with Gasteiger partial charge in [-0.05, 0) is 56.0 Å². The van der Waals surface area contributed by atoms with Gasteiger partial charge < -0.3 is 9.47 Å². The van der Waals surface area contributed by atoms with Crippen LogP contribution in [0, 0.1) is 5.92 Å². The number of carbonyl (C=O) groups excluding carboxylic acids is 1. The topological polar surface area (TPSA) is 38.1 Å². The average molecular weight is 368 g/mol. The Labute approximate surface area is 158 Å². The molecule has 3 aromatic rings. The second kappa shape index (κ2) is 7.12. The number of imidazole rings is 1. The molecule has 1 aliphatic rings. The summed E-state index contributed by atoms with van der Waals surface area (Å²) in [6.45, 7) is 4.11. The van der Waals surface area contributed by atoms with Gasteiger partial charge >= 0.3 is 0 Å². The predicted molar refractivity (Wildman–Crippen MR) is 104 cm³/mol. The van der Waals surface area contributed by atoms with E-state index in [0.29, 0.717) is 23.7 Å². The Bertz CT molecular complexity index is 945. The number of carbonyl (C=O) groups is 1. The molecule has 1 aliphatic carbocycles. The summed E-state index contributed by atoms with van der Waals surface area (Å²) in [5.74, 6) is 1.68. The average Bonchev–Trinajstić information content (AvgIpc) is 3.41. The number of rotatable bonds is 6. The van der Waals surface area contributed by atoms with Crippen molar-refractivity contribution in [3.8, 4) is 0 Å². The summed E-state index contributed by atoms with van der Waals surface area (Å²) in [6, 6.07) is 15.3. The number of halogens is 1. The van der Waals surface area contributed by atoms with Crippen LogP contribution in [0.4, 0.5) is 0 Å². The van der Waals surface area contributed by atoms with Crippen molar-refractivity contribution in [1.82, 2.24) is 14.5 Å². The maximum Gasteiger partial charge on any atom is 0.254 e. The molecular formula is C21H22ClN3O. The smallest absolute Gasteiger partial charge is 0.254 e. The van der Waals surface area contributed by atoms with Gasteiger partial charge in [0.25, 0.3) is 5.91 Å². The highest BCUT2D eigenvalue weighted by molar-refractivity contribution is 6.30. The first-order chi connectivity index (χ1) is 12.7. The number of aromatic nitrogens is 2. The van der Waals surface area contributed by atoms with Crippen LogP contribution in [-0.4, -0.2) is 26.9 Å². The molecule has 0 N–H and O–H groups in total. The van der Waals surface area contributed by atoms with E-state index in [1.807, 2.05) is 42.2 Å². The summed E-state index contributed by atoms with van der Waals surface area (Å²) in [7, 11) is 0. The lowest BCUT2D eigenvalue weighted by Crippen LogP contribution is -2.31. The molecule has 1 amide bonds. The van der Waals surface area contributed by atoms with Crippen LogP contribution in [-0.2, 0) is 13.1 Å². The lowest BCUT2D eigenvalue weighted by molar-refractivity contribution is 0.0747. The number of benzene rings is 2. The Morgan fingerprint density at radius 2 is 2.04 bits per heavy atom. The van der Waals surface area contributed by atoms with Gasteiger partial charge in [0.15, 0.2) is 0 Å². The lowest BCUT2D eigenvalue weighted by Gasteiger charge is -2.21. The van der Waals surface area contributed by atoms with Gasteiger partial charge in [-0.15, -0.1) is 0 Å². The summed E-state index contributed by atoms with van der Waals surface area (Å²) in [5.41, 5.74) is 2.76. The molecule has 5 heteroatoms. The molecular weight excluding hydrogens is 346 g/mol. The van der Waals surface area contributed by atoms with Crippen LogP contribution >= 0.6 is 11.6 Å². The monoisotopic (exact) mass is 367 g/mol. The number of para-hydroxylation sites is 2. The minimum Gasteiger partial charge on any atom is -0.331 e. The quantitative estimate of drug-likeness (QED) is 0.629. The van der Waals surface area contributed by atoms with Crippen molar-refractivity contribution < 1.29 is 4.79 Å². The number of fused-ring (bicyclic) bond motifs is 1. The summed E-state index contributed by atoms with van der Waals surface area (Å²) in [6.07, 6.45) is 2.57. The lowest BCUT2D eigenvalue weighted by atomic mass is 10.2. The van der Waals surface area contributed by atoms with Crippen molar-refractivity contribution in [2.45, 2.75) is 32.9 Å². The molecule has 1 fully saturated rings. The highest BCUT2D eigenvalue weighted by atomic mass is 35.5. The molecule has 1 aromatic heterocycles. The van der Waals surface area contributed by atoms with E-state index < -0.39 is 0 Å². The second-order valence-corrected chi connectivity index (χ2v) is 7.34. The Hall–Kier alpha value is -2.33. The molecule has 0 radical (unpaired) electrons. The largest absolute Gasteiger partial charge is 0.331 e. The van der Waals surface area contributed by atoms with Crippen LogP contribution in [0.2, 0.25) is 5.02 Å². The van der Waals surface area contributed by atoms with Crippen LogP contribution in [0.1, 0.15) is 35.9 Å². The van der Waals surface area contributed by atoms with E-state index in [4.69, 9.17) is 16.6 Å². The van der Waals surface area contributed by atoms with Crippen LogP contribution in [0.25, 0.3) is 11.0 Å². The SMILES string of the molecule is CCN(Cc1nc2ccccc2n1CC1CC1)C(=O)c1cccc(Cl)c1. The molecule has 2 aromatic carbocycles. The third kappa shape index (κ3) is 3.47. The zero-order valence-electron chi connectivity index (χ0n) is 14.9. The van der Waals surface area contributed by atoms with Gasteiger partial charge in [-0.25, -0.2) is 4.98 Å². The van der Waals surface area contributed by atoms with Crippen molar-refractivity contribution in [2.24, 2.45) is 5.92 Å². The van der Waals surface area contributed by atoms with Crippen LogP contribution in [0.3, 0.4) is 0 Å². The Kier molecular flexibility index (Phi) is 4.68. The first-order valence-electron chi connectivity index (χ1n) is 9.14. The molecule has 0 saturated heterocycles. The maximum atomic E-state index is 12.9.